The van der Waals surface area contributed by atoms with Gasteiger partial charge >= 0.3 is 21.7 Å². The summed E-state index contributed by atoms with van der Waals surface area (Å²) < 4.78 is 114. The van der Waals surface area contributed by atoms with E-state index in [2.05, 4.69) is 64.2 Å². The Morgan fingerprint density at radius 3 is 1.02 bits per heavy atom. The molecule has 0 unspecified atom stereocenters. The van der Waals surface area contributed by atoms with Crippen molar-refractivity contribution in [2.45, 2.75) is 118 Å². The molecule has 2 aliphatic rings. The summed E-state index contributed by atoms with van der Waals surface area (Å²) in [7, 11) is 0. The van der Waals surface area contributed by atoms with E-state index in [-0.39, 0.29) is 34.9 Å². The van der Waals surface area contributed by atoms with Crippen molar-refractivity contribution < 1.29 is 66.3 Å². The van der Waals surface area contributed by atoms with Crippen molar-refractivity contribution in [2.24, 2.45) is 0 Å². The average molecular weight is 761 g/mol. The molecular weight excluding hydrogens is 712 g/mol. The van der Waals surface area contributed by atoms with E-state index in [1.54, 1.807) is 0 Å². The zero-order valence-corrected chi connectivity index (χ0v) is 31.5. The molecule has 0 radical (unpaired) electrons. The number of benzene rings is 2. The maximum absolute atomic E-state index is 13.2. The Bertz CT molecular complexity index is 1240. The summed E-state index contributed by atoms with van der Waals surface area (Å²) >= 11 is 0. The second-order valence-corrected chi connectivity index (χ2v) is 11.6. The van der Waals surface area contributed by atoms with Gasteiger partial charge in [-0.3, -0.25) is 29.7 Å². The van der Waals surface area contributed by atoms with E-state index in [0.29, 0.717) is 12.8 Å². The number of hydrogen-bond donors (Lipinski definition) is 0. The van der Waals surface area contributed by atoms with E-state index >= 15 is 0 Å². The molecule has 2 aromatic carbocycles. The summed E-state index contributed by atoms with van der Waals surface area (Å²) in [6, 6.07) is 2.62. The molecule has 51 heavy (non-hydrogen) atoms. The summed E-state index contributed by atoms with van der Waals surface area (Å²) in [6.45, 7) is 8.38. The van der Waals surface area contributed by atoms with Crippen LogP contribution in [0.4, 0.5) is 35.1 Å². The van der Waals surface area contributed by atoms with Crippen LogP contribution in [0.25, 0.3) is 0 Å². The second kappa shape index (κ2) is 28.7. The van der Waals surface area contributed by atoms with Crippen molar-refractivity contribution in [2.75, 3.05) is 13.2 Å². The van der Waals surface area contributed by atoms with Crippen LogP contribution in [-0.2, 0) is 21.7 Å². The molecule has 2 nitrogen and oxygen atoms in total. The smallest absolute Gasteiger partial charge is 0.513 e. The maximum atomic E-state index is 13.2. The minimum absolute atomic E-state index is 0. The Kier molecular flexibility index (Phi) is 27.1. The van der Waals surface area contributed by atoms with Crippen LogP contribution in [0.1, 0.15) is 118 Å². The SMILES string of the molecule is CC1=[C-]CC=C1.CC1=[C-]CC=C1.CCCCCCCCOc1c(F)c(F)[c-]c(F)c1F.CCCCCCCCOc1c(F)c(F)[c-]c(F)c1F.[Ti+4]. The molecule has 0 aliphatic heterocycles. The van der Waals surface area contributed by atoms with Gasteiger partial charge in [0.15, 0.2) is 0 Å². The first-order chi connectivity index (χ1) is 23.9. The van der Waals surface area contributed by atoms with Gasteiger partial charge < -0.3 is 9.47 Å². The van der Waals surface area contributed by atoms with E-state index in [9.17, 15) is 35.1 Å². The Labute approximate surface area is 314 Å². The van der Waals surface area contributed by atoms with Gasteiger partial charge in [0.25, 0.3) is 0 Å². The third-order valence-electron chi connectivity index (χ3n) is 7.23. The van der Waals surface area contributed by atoms with Crippen LogP contribution < -0.4 is 9.47 Å². The van der Waals surface area contributed by atoms with Crippen LogP contribution >= 0.6 is 0 Å². The molecule has 2 aromatic rings. The van der Waals surface area contributed by atoms with Crippen molar-refractivity contribution in [3.63, 3.8) is 0 Å². The molecule has 0 saturated carbocycles. The molecule has 0 spiro atoms. The fourth-order valence-corrected chi connectivity index (χ4v) is 4.40. The van der Waals surface area contributed by atoms with Gasteiger partial charge in [-0.15, -0.1) is 25.0 Å². The summed E-state index contributed by atoms with van der Waals surface area (Å²) in [5, 5.41) is 0. The van der Waals surface area contributed by atoms with E-state index in [1.807, 2.05) is 0 Å². The van der Waals surface area contributed by atoms with Gasteiger partial charge in [-0.2, -0.15) is 12.2 Å². The van der Waals surface area contributed by atoms with Crippen LogP contribution in [-0.4, -0.2) is 13.2 Å². The summed E-state index contributed by atoms with van der Waals surface area (Å²) in [5.74, 6) is -14.4. The van der Waals surface area contributed by atoms with Crippen LogP contribution in [0.3, 0.4) is 0 Å². The van der Waals surface area contributed by atoms with Gasteiger partial charge in [-0.25, -0.2) is 40.9 Å². The normalized spacial score (nSPS) is 12.4. The molecule has 0 fully saturated rings. The number of ether oxygens (including phenoxy) is 2. The fourth-order valence-electron chi connectivity index (χ4n) is 4.40. The van der Waals surface area contributed by atoms with E-state index in [1.165, 1.54) is 23.3 Å². The number of rotatable bonds is 16. The molecule has 0 heterocycles. The van der Waals surface area contributed by atoms with Crippen molar-refractivity contribution in [3.8, 4) is 11.5 Å². The van der Waals surface area contributed by atoms with Gasteiger partial charge in [0.05, 0.1) is 71.3 Å². The monoisotopic (exact) mass is 760 g/mol. The molecular formula is C40H48F8O2Ti. The van der Waals surface area contributed by atoms with Crippen LogP contribution in [0, 0.1) is 70.8 Å². The molecule has 280 valence electrons. The van der Waals surface area contributed by atoms with Gasteiger partial charge in [0, 0.05) is 0 Å². The molecule has 11 heteroatoms. The summed E-state index contributed by atoms with van der Waals surface area (Å²) in [4.78, 5) is 0. The first-order valence-corrected chi connectivity index (χ1v) is 17.2. The average Bonchev–Trinajstić information content (AvgIpc) is 3.79. The standard InChI is InChI=1S/2C14H17F4O.2C6H7.Ti/c2*1-2-3-4-5-6-7-8-19-14-12(17)10(15)9-11(16)13(14)18;2*1-6-4-2-3-5-6;/h2*2-8H2,1H3;2*2,4H,3H2,1H3;/q4*-1;+4. The molecule has 0 saturated heterocycles. The van der Waals surface area contributed by atoms with Crippen LogP contribution in [0.5, 0.6) is 11.5 Å². The van der Waals surface area contributed by atoms with Crippen molar-refractivity contribution >= 4 is 0 Å². The quantitative estimate of drug-likeness (QED) is 0.0558. The predicted octanol–water partition coefficient (Wildman–Crippen LogP) is 13.0. The molecule has 0 bridgehead atoms. The first kappa shape index (κ1) is 48.2. The Balaban J connectivity index is 0.000000727. The van der Waals surface area contributed by atoms with Gasteiger partial charge in [0.2, 0.25) is 0 Å². The minimum atomic E-state index is -1.57. The molecule has 0 atom stereocenters. The maximum Gasteiger partial charge on any atom is 4.00 e. The predicted molar refractivity (Wildman–Crippen MR) is 180 cm³/mol. The van der Waals surface area contributed by atoms with Crippen LogP contribution in [0.15, 0.2) is 35.5 Å². The third-order valence-corrected chi connectivity index (χ3v) is 7.23. The van der Waals surface area contributed by atoms with E-state index < -0.39 is 58.0 Å². The van der Waals surface area contributed by atoms with Crippen molar-refractivity contribution in [1.82, 2.24) is 0 Å². The number of allylic oxidation sites excluding steroid dienone is 8. The molecule has 0 N–H and O–H groups in total. The topological polar surface area (TPSA) is 18.5 Å². The van der Waals surface area contributed by atoms with Crippen molar-refractivity contribution in [1.29, 1.82) is 0 Å². The number of hydrogen-bond acceptors (Lipinski definition) is 2. The third kappa shape index (κ3) is 20.1. The zero-order chi connectivity index (χ0) is 37.3. The largest absolute Gasteiger partial charge is 4.00 e. The van der Waals surface area contributed by atoms with Crippen molar-refractivity contribution in [3.05, 3.63) is 106 Å². The Morgan fingerprint density at radius 1 is 0.490 bits per heavy atom. The molecule has 2 aliphatic carbocycles. The summed E-state index contributed by atoms with van der Waals surface area (Å²) in [5.41, 5.74) is 2.55. The number of unbranched alkanes of at least 4 members (excludes halogenated alkanes) is 10. The number of halogens is 8. The van der Waals surface area contributed by atoms with Gasteiger partial charge in [-0.05, 0) is 12.8 Å². The molecule has 4 rings (SSSR count). The molecule has 0 aromatic heterocycles. The van der Waals surface area contributed by atoms with Crippen LogP contribution in [0.2, 0.25) is 0 Å². The Hall–Kier alpha value is -2.85. The summed E-state index contributed by atoms with van der Waals surface area (Å²) in [6.07, 6.45) is 28.3. The minimum Gasteiger partial charge on any atom is -0.513 e. The van der Waals surface area contributed by atoms with Gasteiger partial charge in [0.1, 0.15) is 0 Å². The van der Waals surface area contributed by atoms with E-state index in [0.717, 1.165) is 77.0 Å². The Morgan fingerprint density at radius 2 is 0.784 bits per heavy atom. The molecule has 0 amide bonds. The first-order valence-electron chi connectivity index (χ1n) is 17.2. The van der Waals surface area contributed by atoms with Gasteiger partial charge in [-0.1, -0.05) is 91.9 Å². The fraction of sp³-hybridized carbons (Fsp3) is 0.500. The van der Waals surface area contributed by atoms with E-state index in [4.69, 9.17) is 9.47 Å². The second-order valence-electron chi connectivity index (χ2n) is 11.6. The zero-order valence-electron chi connectivity index (χ0n) is 30.0.